The second-order valence-corrected chi connectivity index (χ2v) is 5.57. The Labute approximate surface area is 114 Å². The van der Waals surface area contributed by atoms with Crippen LogP contribution in [0, 0.1) is 6.92 Å². The molecule has 0 radical (unpaired) electrons. The van der Waals surface area contributed by atoms with E-state index in [9.17, 15) is 9.59 Å². The zero-order valence-corrected chi connectivity index (χ0v) is 11.5. The fraction of sp³-hybridized carbons (Fsp3) is 0.545. The predicted octanol–water partition coefficient (Wildman–Crippen LogP) is 1.16. The molecule has 1 aliphatic heterocycles. The lowest BCUT2D eigenvalue weighted by atomic mass is 9.97. The van der Waals surface area contributed by atoms with E-state index in [0.29, 0.717) is 18.2 Å². The molecule has 19 heavy (non-hydrogen) atoms. The topological polar surface area (TPSA) is 91.8 Å². The molecule has 0 aromatic carbocycles. The molecule has 1 aliphatic rings. The molecular formula is C11H15N3O4S. The number of amides is 2. The molecule has 7 nitrogen and oxygen atoms in total. The van der Waals surface area contributed by atoms with Crippen molar-refractivity contribution in [3.63, 3.8) is 0 Å². The number of carboxylic acid groups (broad SMARTS) is 1. The molecule has 104 valence electrons. The first-order chi connectivity index (χ1) is 8.88. The number of aliphatic carboxylic acids is 1. The van der Waals surface area contributed by atoms with Crippen LogP contribution >= 0.6 is 11.3 Å². The molecule has 2 amide bonds. The van der Waals surface area contributed by atoms with Crippen LogP contribution < -0.4 is 5.32 Å². The number of anilines is 1. The molecule has 0 aliphatic carbocycles. The number of aryl methyl sites for hydroxylation is 1. The largest absolute Gasteiger partial charge is 0.480 e. The summed E-state index contributed by atoms with van der Waals surface area (Å²) in [7, 11) is 0. The van der Waals surface area contributed by atoms with Crippen molar-refractivity contribution in [2.75, 3.05) is 25.0 Å². The maximum atomic E-state index is 11.8. The molecule has 0 saturated carbocycles. The molecule has 0 atom stereocenters. The maximum Gasteiger partial charge on any atom is 0.329 e. The van der Waals surface area contributed by atoms with Crippen molar-refractivity contribution in [1.82, 2.24) is 9.88 Å². The Morgan fingerprint density at radius 3 is 2.84 bits per heavy atom. The summed E-state index contributed by atoms with van der Waals surface area (Å²) in [6.45, 7) is 4.03. The fourth-order valence-electron chi connectivity index (χ4n) is 1.81. The van der Waals surface area contributed by atoms with Gasteiger partial charge in [0.05, 0.1) is 18.8 Å². The average molecular weight is 285 g/mol. The van der Waals surface area contributed by atoms with Crippen LogP contribution in [0.4, 0.5) is 9.93 Å². The van der Waals surface area contributed by atoms with E-state index in [2.05, 4.69) is 10.3 Å². The van der Waals surface area contributed by atoms with E-state index in [1.165, 1.54) is 11.3 Å². The van der Waals surface area contributed by atoms with Crippen molar-refractivity contribution in [1.29, 1.82) is 0 Å². The number of hydrogen-bond donors (Lipinski definition) is 2. The smallest absolute Gasteiger partial charge is 0.329 e. The molecule has 2 heterocycles. The number of rotatable bonds is 4. The van der Waals surface area contributed by atoms with Crippen molar-refractivity contribution in [3.05, 3.63) is 11.1 Å². The number of carboxylic acids is 1. The van der Waals surface area contributed by atoms with Gasteiger partial charge in [0, 0.05) is 5.38 Å². The van der Waals surface area contributed by atoms with Gasteiger partial charge in [0.15, 0.2) is 5.13 Å². The summed E-state index contributed by atoms with van der Waals surface area (Å²) in [5.74, 6) is -1.01. The first-order valence-corrected chi connectivity index (χ1v) is 6.60. The highest BCUT2D eigenvalue weighted by atomic mass is 32.1. The second kappa shape index (κ2) is 5.14. The van der Waals surface area contributed by atoms with Gasteiger partial charge in [0.25, 0.3) is 0 Å². The lowest BCUT2D eigenvalue weighted by Gasteiger charge is -2.46. The summed E-state index contributed by atoms with van der Waals surface area (Å²) in [5.41, 5.74) is 0.285. The summed E-state index contributed by atoms with van der Waals surface area (Å²) in [6.07, 6.45) is 0. The number of likely N-dealkylation sites (tertiary alicyclic amines) is 1. The summed E-state index contributed by atoms with van der Waals surface area (Å²) in [4.78, 5) is 28.0. The number of hydrogen-bond acceptors (Lipinski definition) is 5. The maximum absolute atomic E-state index is 11.8. The number of nitrogens with zero attached hydrogens (tertiary/aromatic N) is 2. The zero-order valence-electron chi connectivity index (χ0n) is 10.7. The summed E-state index contributed by atoms with van der Waals surface area (Å²) in [5, 5.41) is 13.6. The van der Waals surface area contributed by atoms with Gasteiger partial charge in [-0.25, -0.2) is 14.6 Å². The van der Waals surface area contributed by atoms with Gasteiger partial charge in [-0.15, -0.1) is 11.3 Å². The normalized spacial score (nSPS) is 16.8. The molecule has 0 unspecified atom stereocenters. The van der Waals surface area contributed by atoms with Gasteiger partial charge >= 0.3 is 12.0 Å². The minimum absolute atomic E-state index is 0.245. The molecule has 1 aromatic rings. The van der Waals surface area contributed by atoms with Crippen LogP contribution in [0.1, 0.15) is 12.6 Å². The second-order valence-electron chi connectivity index (χ2n) is 4.71. The molecule has 0 bridgehead atoms. The summed E-state index contributed by atoms with van der Waals surface area (Å²) < 4.78 is 5.23. The van der Waals surface area contributed by atoms with Gasteiger partial charge in [-0.2, -0.15) is 0 Å². The van der Waals surface area contributed by atoms with Crippen molar-refractivity contribution in [2.45, 2.75) is 19.4 Å². The third kappa shape index (κ3) is 3.42. The first-order valence-electron chi connectivity index (χ1n) is 5.72. The van der Waals surface area contributed by atoms with E-state index in [4.69, 9.17) is 9.84 Å². The molecule has 2 N–H and O–H groups in total. The summed E-state index contributed by atoms with van der Waals surface area (Å²) >= 11 is 1.37. The predicted molar refractivity (Wildman–Crippen MR) is 69.4 cm³/mol. The number of ether oxygens (including phenoxy) is 1. The molecular weight excluding hydrogens is 270 g/mol. The minimum atomic E-state index is -1.01. The first kappa shape index (κ1) is 13.8. The molecule has 1 fully saturated rings. The van der Waals surface area contributed by atoms with Gasteiger partial charge < -0.3 is 14.7 Å². The highest BCUT2D eigenvalue weighted by Gasteiger charge is 2.42. The molecule has 1 saturated heterocycles. The number of urea groups is 1. The van der Waals surface area contributed by atoms with E-state index >= 15 is 0 Å². The molecule has 8 heteroatoms. The van der Waals surface area contributed by atoms with Crippen molar-refractivity contribution < 1.29 is 19.4 Å². The highest BCUT2D eigenvalue weighted by Crippen LogP contribution is 2.25. The average Bonchev–Trinajstić information content (AvgIpc) is 2.68. The van der Waals surface area contributed by atoms with Gasteiger partial charge in [-0.1, -0.05) is 0 Å². The Morgan fingerprint density at radius 2 is 2.32 bits per heavy atom. The van der Waals surface area contributed by atoms with Crippen LogP contribution in [0.5, 0.6) is 0 Å². The Kier molecular flexibility index (Phi) is 3.72. The van der Waals surface area contributed by atoms with E-state index in [1.807, 2.05) is 12.3 Å². The van der Waals surface area contributed by atoms with Gasteiger partial charge in [0.1, 0.15) is 12.2 Å². The molecule has 2 rings (SSSR count). The monoisotopic (exact) mass is 285 g/mol. The third-order valence-electron chi connectivity index (χ3n) is 2.71. The number of nitrogens with one attached hydrogen (secondary N) is 1. The Bertz CT molecular complexity index is 496. The van der Waals surface area contributed by atoms with Gasteiger partial charge in [-0.3, -0.25) is 5.32 Å². The van der Waals surface area contributed by atoms with Crippen molar-refractivity contribution in [2.24, 2.45) is 0 Å². The number of aromatic nitrogens is 1. The van der Waals surface area contributed by atoms with Crippen LogP contribution in [0.15, 0.2) is 5.38 Å². The SMILES string of the molecule is Cc1csc(NC(=O)N2CC(C)(OCC(=O)O)C2)n1. The van der Waals surface area contributed by atoms with Crippen LogP contribution in [-0.2, 0) is 9.53 Å². The Balaban J connectivity index is 1.79. The van der Waals surface area contributed by atoms with Crippen molar-refractivity contribution in [3.8, 4) is 0 Å². The standard InChI is InChI=1S/C11H15N3O4S/c1-7-4-19-9(12-7)13-10(17)14-5-11(2,6-14)18-3-8(15)16/h4H,3,5-6H2,1-2H3,(H,15,16)(H,12,13,17). The Hall–Kier alpha value is -1.67. The Morgan fingerprint density at radius 1 is 1.63 bits per heavy atom. The summed E-state index contributed by atoms with van der Waals surface area (Å²) in [6, 6.07) is -0.245. The minimum Gasteiger partial charge on any atom is -0.480 e. The highest BCUT2D eigenvalue weighted by molar-refractivity contribution is 7.13. The van der Waals surface area contributed by atoms with E-state index in [1.54, 1.807) is 11.8 Å². The number of thiazole rings is 1. The van der Waals surface area contributed by atoms with E-state index < -0.39 is 11.6 Å². The zero-order chi connectivity index (χ0) is 14.0. The third-order valence-corrected chi connectivity index (χ3v) is 3.59. The quantitative estimate of drug-likeness (QED) is 0.866. The fourth-order valence-corrected chi connectivity index (χ4v) is 2.49. The van der Waals surface area contributed by atoms with Crippen molar-refractivity contribution >= 4 is 28.5 Å². The van der Waals surface area contributed by atoms with Crippen LogP contribution in [0.3, 0.4) is 0 Å². The van der Waals surface area contributed by atoms with Crippen LogP contribution in [-0.4, -0.2) is 52.3 Å². The van der Waals surface area contributed by atoms with E-state index in [0.717, 1.165) is 5.69 Å². The van der Waals surface area contributed by atoms with Gasteiger partial charge in [0.2, 0.25) is 0 Å². The lowest BCUT2D eigenvalue weighted by molar-refractivity contribution is -0.159. The number of carbonyl (C=O) groups excluding carboxylic acids is 1. The lowest BCUT2D eigenvalue weighted by Crippen LogP contribution is -2.64. The number of carbonyl (C=O) groups is 2. The molecule has 1 aromatic heterocycles. The van der Waals surface area contributed by atoms with Crippen LogP contribution in [0.2, 0.25) is 0 Å². The van der Waals surface area contributed by atoms with Crippen LogP contribution in [0.25, 0.3) is 0 Å². The van der Waals surface area contributed by atoms with Gasteiger partial charge in [-0.05, 0) is 13.8 Å². The molecule has 0 spiro atoms. The van der Waals surface area contributed by atoms with E-state index in [-0.39, 0.29) is 12.6 Å².